The molecule has 0 bridgehead atoms. The number of aromatic nitrogens is 2. The number of pyridine rings is 1. The molecule has 0 aliphatic carbocycles. The molecule has 2 aromatic heterocycles. The Morgan fingerprint density at radius 3 is 2.82 bits per heavy atom. The van der Waals surface area contributed by atoms with Crippen LogP contribution in [-0.4, -0.2) is 50.8 Å². The summed E-state index contributed by atoms with van der Waals surface area (Å²) in [7, 11) is 0. The van der Waals surface area contributed by atoms with Crippen molar-refractivity contribution in [2.45, 2.75) is 13.5 Å². The Bertz CT molecular complexity index is 1250. The standard InChI is InChI=1S/C24H24FN7O/c1-16-10-29(11-18-12-30-9-3-2-4-21(30)26-18)13-20(16)23-27-22-14-31(15-32(22)24(33)28-23)19-7-5-17(25)6-8-19/h2-9,12,14,16,20H,10-11,13,15H2,1H3,(H,27,28,33). The molecule has 8 nitrogen and oxygen atoms in total. The van der Waals surface area contributed by atoms with Crippen LogP contribution in [0.25, 0.3) is 5.65 Å². The van der Waals surface area contributed by atoms with E-state index in [1.165, 1.54) is 12.1 Å². The summed E-state index contributed by atoms with van der Waals surface area (Å²) >= 11 is 0. The molecule has 0 radical (unpaired) electrons. The molecule has 0 saturated carbocycles. The van der Waals surface area contributed by atoms with Gasteiger partial charge in [0, 0.05) is 49.8 Å². The Morgan fingerprint density at radius 2 is 2.00 bits per heavy atom. The highest BCUT2D eigenvalue weighted by Gasteiger charge is 2.39. The van der Waals surface area contributed by atoms with Crippen molar-refractivity contribution in [1.82, 2.24) is 24.5 Å². The van der Waals surface area contributed by atoms with E-state index >= 15 is 0 Å². The fourth-order valence-corrected chi connectivity index (χ4v) is 4.87. The van der Waals surface area contributed by atoms with Crippen molar-refractivity contribution in [3.63, 3.8) is 0 Å². The minimum absolute atomic E-state index is 0.133. The van der Waals surface area contributed by atoms with E-state index in [2.05, 4.69) is 23.3 Å². The molecule has 2 atom stereocenters. The molecule has 3 aliphatic heterocycles. The van der Waals surface area contributed by atoms with Crippen LogP contribution < -0.4 is 10.2 Å². The van der Waals surface area contributed by atoms with Crippen LogP contribution >= 0.6 is 0 Å². The number of rotatable bonds is 4. The predicted molar refractivity (Wildman–Crippen MR) is 123 cm³/mol. The first-order valence-corrected chi connectivity index (χ1v) is 11.1. The number of imidazole rings is 1. The number of likely N-dealkylation sites (tertiary alicyclic amines) is 1. The molecule has 1 saturated heterocycles. The number of nitrogens with one attached hydrogen (secondary N) is 1. The van der Waals surface area contributed by atoms with Gasteiger partial charge in [-0.05, 0) is 42.3 Å². The molecule has 2 amide bonds. The minimum atomic E-state index is -0.287. The second-order valence-corrected chi connectivity index (χ2v) is 8.91. The summed E-state index contributed by atoms with van der Waals surface area (Å²) in [6.07, 6.45) is 5.92. The number of hydrogen-bond donors (Lipinski definition) is 1. The summed E-state index contributed by atoms with van der Waals surface area (Å²) in [5.41, 5.74) is 2.79. The zero-order valence-corrected chi connectivity index (χ0v) is 18.2. The number of amides is 2. The largest absolute Gasteiger partial charge is 0.329 e. The van der Waals surface area contributed by atoms with Gasteiger partial charge in [-0.15, -0.1) is 0 Å². The number of benzene rings is 1. The van der Waals surface area contributed by atoms with Gasteiger partial charge in [0.25, 0.3) is 0 Å². The highest BCUT2D eigenvalue weighted by atomic mass is 19.1. The molecule has 2 unspecified atom stereocenters. The van der Waals surface area contributed by atoms with Crippen LogP contribution in [0, 0.1) is 17.7 Å². The average Bonchev–Trinajstić information content (AvgIpc) is 3.50. The van der Waals surface area contributed by atoms with Crippen molar-refractivity contribution in [2.24, 2.45) is 16.8 Å². The summed E-state index contributed by atoms with van der Waals surface area (Å²) in [6, 6.07) is 12.0. The molecular formula is C24H24FN7O. The quantitative estimate of drug-likeness (QED) is 0.670. The molecular weight excluding hydrogens is 421 g/mol. The Labute approximate surface area is 190 Å². The number of amidine groups is 1. The third kappa shape index (κ3) is 3.64. The number of halogens is 1. The Balaban J connectivity index is 1.19. The fourth-order valence-electron chi connectivity index (χ4n) is 4.87. The highest BCUT2D eigenvalue weighted by molar-refractivity contribution is 6.02. The lowest BCUT2D eigenvalue weighted by Gasteiger charge is -2.28. The van der Waals surface area contributed by atoms with Crippen molar-refractivity contribution >= 4 is 23.2 Å². The van der Waals surface area contributed by atoms with Gasteiger partial charge in [-0.1, -0.05) is 13.0 Å². The Hall–Kier alpha value is -3.72. The lowest BCUT2D eigenvalue weighted by molar-refractivity contribution is 0.216. The SMILES string of the molecule is CC1CN(Cc2cn3ccccc3n2)CC1C1=NC2=CN(c3ccc(F)cc3)CN2C(=O)N1. The molecule has 3 aromatic rings. The molecule has 1 N–H and O–H groups in total. The number of hydrogen-bond acceptors (Lipinski definition) is 5. The summed E-state index contributed by atoms with van der Waals surface area (Å²) in [4.78, 5) is 28.2. The number of anilines is 1. The van der Waals surface area contributed by atoms with E-state index in [4.69, 9.17) is 9.98 Å². The molecule has 5 heterocycles. The maximum absolute atomic E-state index is 13.3. The maximum atomic E-state index is 13.3. The van der Waals surface area contributed by atoms with Crippen molar-refractivity contribution in [3.8, 4) is 0 Å². The van der Waals surface area contributed by atoms with E-state index < -0.39 is 0 Å². The van der Waals surface area contributed by atoms with Crippen molar-refractivity contribution in [3.05, 3.63) is 78.4 Å². The lowest BCUT2D eigenvalue weighted by atomic mass is 9.96. The zero-order valence-electron chi connectivity index (χ0n) is 18.2. The normalized spacial score (nSPS) is 23.0. The monoisotopic (exact) mass is 445 g/mol. The van der Waals surface area contributed by atoms with Gasteiger partial charge in [-0.3, -0.25) is 15.1 Å². The van der Waals surface area contributed by atoms with E-state index in [-0.39, 0.29) is 17.8 Å². The number of carbonyl (C=O) groups is 1. The van der Waals surface area contributed by atoms with Crippen LogP contribution in [0.3, 0.4) is 0 Å². The second kappa shape index (κ2) is 7.70. The maximum Gasteiger partial charge on any atom is 0.329 e. The zero-order chi connectivity index (χ0) is 22.5. The first kappa shape index (κ1) is 19.9. The Kier molecular flexibility index (Phi) is 4.65. The topological polar surface area (TPSA) is 68.5 Å². The number of carbonyl (C=O) groups excluding carboxylic acids is 1. The van der Waals surface area contributed by atoms with Crippen molar-refractivity contribution < 1.29 is 9.18 Å². The highest BCUT2D eigenvalue weighted by Crippen LogP contribution is 2.30. The van der Waals surface area contributed by atoms with Gasteiger partial charge in [-0.25, -0.2) is 19.2 Å². The van der Waals surface area contributed by atoms with Crippen LogP contribution in [0.4, 0.5) is 14.9 Å². The van der Waals surface area contributed by atoms with Crippen LogP contribution in [-0.2, 0) is 6.54 Å². The van der Waals surface area contributed by atoms with Gasteiger partial charge < -0.3 is 9.30 Å². The summed E-state index contributed by atoms with van der Waals surface area (Å²) in [5, 5.41) is 3.01. The molecule has 9 heteroatoms. The van der Waals surface area contributed by atoms with E-state index in [0.717, 1.165) is 36.7 Å². The van der Waals surface area contributed by atoms with E-state index in [9.17, 15) is 9.18 Å². The van der Waals surface area contributed by atoms with E-state index in [1.807, 2.05) is 39.9 Å². The van der Waals surface area contributed by atoms with Crippen LogP contribution in [0.5, 0.6) is 0 Å². The van der Waals surface area contributed by atoms with Gasteiger partial charge >= 0.3 is 6.03 Å². The number of nitrogens with zero attached hydrogens (tertiary/aromatic N) is 6. The second-order valence-electron chi connectivity index (χ2n) is 8.91. The predicted octanol–water partition coefficient (Wildman–Crippen LogP) is 3.24. The molecule has 33 heavy (non-hydrogen) atoms. The molecule has 1 aromatic carbocycles. The van der Waals surface area contributed by atoms with Crippen LogP contribution in [0.1, 0.15) is 12.6 Å². The number of urea groups is 1. The fraction of sp³-hybridized carbons (Fsp3) is 0.292. The van der Waals surface area contributed by atoms with Gasteiger partial charge in [0.05, 0.1) is 5.69 Å². The third-order valence-corrected chi connectivity index (χ3v) is 6.55. The molecule has 3 aliphatic rings. The summed E-state index contributed by atoms with van der Waals surface area (Å²) in [5.74, 6) is 1.53. The molecule has 1 fully saturated rings. The van der Waals surface area contributed by atoms with Gasteiger partial charge in [0.15, 0.2) is 5.82 Å². The first-order chi connectivity index (χ1) is 16.0. The summed E-state index contributed by atoms with van der Waals surface area (Å²) < 4.78 is 15.3. The summed E-state index contributed by atoms with van der Waals surface area (Å²) in [6.45, 7) is 5.03. The van der Waals surface area contributed by atoms with Crippen molar-refractivity contribution in [1.29, 1.82) is 0 Å². The first-order valence-electron chi connectivity index (χ1n) is 11.1. The van der Waals surface area contributed by atoms with Gasteiger partial charge in [-0.2, -0.15) is 0 Å². The number of fused-ring (bicyclic) bond motifs is 2. The smallest absolute Gasteiger partial charge is 0.326 e. The average molecular weight is 446 g/mol. The van der Waals surface area contributed by atoms with Crippen LogP contribution in [0.2, 0.25) is 0 Å². The van der Waals surface area contributed by atoms with Gasteiger partial charge in [0.2, 0.25) is 0 Å². The minimum Gasteiger partial charge on any atom is -0.326 e. The van der Waals surface area contributed by atoms with Crippen molar-refractivity contribution in [2.75, 3.05) is 24.7 Å². The molecule has 6 rings (SSSR count). The van der Waals surface area contributed by atoms with E-state index in [1.54, 1.807) is 17.0 Å². The molecule has 168 valence electrons. The van der Waals surface area contributed by atoms with Crippen LogP contribution in [0.15, 0.2) is 71.9 Å². The molecule has 0 spiro atoms. The number of aliphatic imine (C=N–C) groups is 1. The third-order valence-electron chi connectivity index (χ3n) is 6.55. The van der Waals surface area contributed by atoms with E-state index in [0.29, 0.717) is 24.2 Å². The Morgan fingerprint density at radius 1 is 1.15 bits per heavy atom. The lowest BCUT2D eigenvalue weighted by Crippen LogP contribution is -2.49. The van der Waals surface area contributed by atoms with Gasteiger partial charge in [0.1, 0.15) is 24.0 Å².